The van der Waals surface area contributed by atoms with E-state index in [-0.39, 0.29) is 64.0 Å². The predicted molar refractivity (Wildman–Crippen MR) is 290 cm³/mol. The number of alkyl carbamates (subject to hydrolysis) is 2. The number of unbranched alkanes of at least 4 members (excludes halogenated alkanes) is 2. The molecule has 0 aromatic heterocycles. The van der Waals surface area contributed by atoms with E-state index in [1.54, 1.807) is 65.0 Å². The van der Waals surface area contributed by atoms with Crippen LogP contribution in [0.15, 0.2) is 109 Å². The van der Waals surface area contributed by atoms with Crippen LogP contribution in [0.1, 0.15) is 123 Å². The molecule has 4 aromatic carbocycles. The van der Waals surface area contributed by atoms with Crippen LogP contribution in [-0.4, -0.2) is 89.7 Å². The summed E-state index contributed by atoms with van der Waals surface area (Å²) in [6, 6.07) is 30.8. The molecular weight excluding hydrogens is 995 g/mol. The molecule has 4 amide bonds. The zero-order valence-corrected chi connectivity index (χ0v) is 45.5. The first-order valence-electron chi connectivity index (χ1n) is 25.4. The maximum Gasteiger partial charge on any atom is 0.412 e. The summed E-state index contributed by atoms with van der Waals surface area (Å²) in [6.45, 7) is 14.7. The molecule has 20 nitrogen and oxygen atoms in total. The molecule has 77 heavy (non-hydrogen) atoms. The van der Waals surface area contributed by atoms with Crippen molar-refractivity contribution >= 4 is 65.1 Å². The minimum Gasteiger partial charge on any atom is -0.481 e. The summed E-state index contributed by atoms with van der Waals surface area (Å²) in [5.74, 6) is -2.54. The van der Waals surface area contributed by atoms with Gasteiger partial charge >= 0.3 is 42.2 Å². The molecule has 20 heteroatoms. The molecule has 2 atom stereocenters. The molecular formula is C57H77N5O15. The SMILES string of the molecule is CC(C)(C)OC(=O)Cc1ccccc1N.CCOC(=O)N[C@@H](CCCCC(=O)Nc1ccccc1NC(=O)OC(C)(C)C)C(=O)OCc1ccccc1.CCOC(=O)N[C@@H](CCCCC(=O)O)C(=O)OCc1ccccc1. The fourth-order valence-electron chi connectivity index (χ4n) is 6.60. The van der Waals surface area contributed by atoms with E-state index < -0.39 is 59.5 Å². The largest absolute Gasteiger partial charge is 0.481 e. The number of carbonyl (C=O) groups is 8. The number of hydrogen-bond acceptors (Lipinski definition) is 15. The van der Waals surface area contributed by atoms with Crippen molar-refractivity contribution in [1.82, 2.24) is 10.6 Å². The number of nitrogens with one attached hydrogen (secondary N) is 4. The number of carboxylic acid groups (broad SMARTS) is 1. The lowest BCUT2D eigenvalue weighted by Crippen LogP contribution is -2.42. The Balaban J connectivity index is 0.000000441. The molecule has 0 saturated heterocycles. The maximum atomic E-state index is 12.6. The minimum atomic E-state index is -0.903. The van der Waals surface area contributed by atoms with Crippen LogP contribution >= 0.6 is 0 Å². The van der Waals surface area contributed by atoms with Crippen LogP contribution in [0.4, 0.5) is 31.4 Å². The topological polar surface area (TPSA) is 286 Å². The Hall–Kier alpha value is -8.16. The molecule has 4 rings (SSSR count). The highest BCUT2D eigenvalue weighted by molar-refractivity contribution is 5.97. The van der Waals surface area contributed by atoms with Crippen molar-refractivity contribution in [3.8, 4) is 0 Å². The van der Waals surface area contributed by atoms with Crippen molar-refractivity contribution in [2.75, 3.05) is 29.6 Å². The van der Waals surface area contributed by atoms with Crippen LogP contribution in [0.2, 0.25) is 0 Å². The first kappa shape index (κ1) is 65.0. The third kappa shape index (κ3) is 30.7. The number of aliphatic carboxylic acids is 1. The number of nitrogen functional groups attached to an aromatic ring is 1. The van der Waals surface area contributed by atoms with Crippen LogP contribution in [0.5, 0.6) is 0 Å². The van der Waals surface area contributed by atoms with Gasteiger partial charge in [-0.1, -0.05) is 104 Å². The van der Waals surface area contributed by atoms with Crippen LogP contribution < -0.4 is 27.0 Å². The lowest BCUT2D eigenvalue weighted by atomic mass is 10.1. The third-order valence-electron chi connectivity index (χ3n) is 10.1. The molecule has 0 bridgehead atoms. The number of nitrogens with two attached hydrogens (primary N) is 1. The second-order valence-corrected chi connectivity index (χ2v) is 19.1. The van der Waals surface area contributed by atoms with Crippen molar-refractivity contribution in [3.05, 3.63) is 126 Å². The maximum absolute atomic E-state index is 12.6. The summed E-state index contributed by atoms with van der Waals surface area (Å²) < 4.78 is 30.7. The predicted octanol–water partition coefficient (Wildman–Crippen LogP) is 10.0. The average Bonchev–Trinajstić information content (AvgIpc) is 3.35. The van der Waals surface area contributed by atoms with E-state index in [0.717, 1.165) is 16.7 Å². The van der Waals surface area contributed by atoms with Gasteiger partial charge in [0.05, 0.1) is 31.0 Å². The van der Waals surface area contributed by atoms with Gasteiger partial charge < -0.3 is 55.2 Å². The Bertz CT molecular complexity index is 2460. The van der Waals surface area contributed by atoms with Crippen molar-refractivity contribution in [3.63, 3.8) is 0 Å². The molecule has 0 unspecified atom stereocenters. The number of para-hydroxylation sites is 3. The second-order valence-electron chi connectivity index (χ2n) is 19.1. The molecule has 0 radical (unpaired) electrons. The summed E-state index contributed by atoms with van der Waals surface area (Å²) in [5, 5.41) is 19.1. The molecule has 0 spiro atoms. The van der Waals surface area contributed by atoms with Crippen molar-refractivity contribution in [2.24, 2.45) is 0 Å². The summed E-state index contributed by atoms with van der Waals surface area (Å²) >= 11 is 0. The Labute approximate surface area is 451 Å². The summed E-state index contributed by atoms with van der Waals surface area (Å²) in [6.07, 6.45) is 0.781. The first-order chi connectivity index (χ1) is 36.5. The number of carbonyl (C=O) groups excluding carboxylic acids is 7. The van der Waals surface area contributed by atoms with Crippen molar-refractivity contribution < 1.29 is 71.9 Å². The quantitative estimate of drug-likeness (QED) is 0.0165. The Morgan fingerprint density at radius 3 is 1.39 bits per heavy atom. The van der Waals surface area contributed by atoms with Gasteiger partial charge in [-0.3, -0.25) is 19.7 Å². The molecule has 7 N–H and O–H groups in total. The first-order valence-corrected chi connectivity index (χ1v) is 25.4. The minimum absolute atomic E-state index is 0.0190. The molecule has 4 aromatic rings. The lowest BCUT2D eigenvalue weighted by Gasteiger charge is -2.20. The van der Waals surface area contributed by atoms with Crippen molar-refractivity contribution in [2.45, 2.75) is 150 Å². The fraction of sp³-hybridized carbons (Fsp3) is 0.439. The highest BCUT2D eigenvalue weighted by Crippen LogP contribution is 2.23. The van der Waals surface area contributed by atoms with E-state index >= 15 is 0 Å². The van der Waals surface area contributed by atoms with E-state index in [0.29, 0.717) is 49.2 Å². The van der Waals surface area contributed by atoms with Gasteiger partial charge in [-0.05, 0) is 116 Å². The Kier molecular flexibility index (Phi) is 29.7. The molecule has 0 heterocycles. The normalized spacial score (nSPS) is 11.4. The molecule has 420 valence electrons. The van der Waals surface area contributed by atoms with E-state index in [2.05, 4.69) is 21.3 Å². The number of hydrogen-bond donors (Lipinski definition) is 6. The lowest BCUT2D eigenvalue weighted by molar-refractivity contribution is -0.154. The van der Waals surface area contributed by atoms with Crippen LogP contribution in [0, 0.1) is 0 Å². The smallest absolute Gasteiger partial charge is 0.412 e. The zero-order valence-electron chi connectivity index (χ0n) is 45.5. The van der Waals surface area contributed by atoms with Gasteiger partial charge in [0.1, 0.15) is 36.5 Å². The molecule has 0 fully saturated rings. The summed E-state index contributed by atoms with van der Waals surface area (Å²) in [7, 11) is 0. The summed E-state index contributed by atoms with van der Waals surface area (Å²) in [5.41, 5.74) is 8.58. The number of ether oxygens (including phenoxy) is 6. The Morgan fingerprint density at radius 2 is 0.948 bits per heavy atom. The summed E-state index contributed by atoms with van der Waals surface area (Å²) in [4.78, 5) is 94.9. The van der Waals surface area contributed by atoms with E-state index in [4.69, 9.17) is 39.3 Å². The number of amides is 4. The van der Waals surface area contributed by atoms with Gasteiger partial charge in [-0.15, -0.1) is 0 Å². The van der Waals surface area contributed by atoms with Gasteiger partial charge in [0, 0.05) is 18.5 Å². The molecule has 0 aliphatic heterocycles. The number of esters is 3. The van der Waals surface area contributed by atoms with Crippen molar-refractivity contribution in [1.29, 1.82) is 0 Å². The highest BCUT2D eigenvalue weighted by Gasteiger charge is 2.25. The van der Waals surface area contributed by atoms with Crippen LogP contribution in [-0.2, 0) is 72.0 Å². The number of rotatable bonds is 24. The third-order valence-corrected chi connectivity index (χ3v) is 10.1. The fourth-order valence-corrected chi connectivity index (χ4v) is 6.60. The number of anilines is 3. The van der Waals surface area contributed by atoms with Gasteiger partial charge in [0.15, 0.2) is 0 Å². The van der Waals surface area contributed by atoms with Gasteiger partial charge in [-0.25, -0.2) is 24.0 Å². The molecule has 0 aliphatic rings. The number of benzene rings is 4. The van der Waals surface area contributed by atoms with Gasteiger partial charge in [0.25, 0.3) is 0 Å². The average molecular weight is 1070 g/mol. The van der Waals surface area contributed by atoms with Crippen LogP contribution in [0.25, 0.3) is 0 Å². The van der Waals surface area contributed by atoms with Gasteiger partial charge in [0.2, 0.25) is 5.91 Å². The Morgan fingerprint density at radius 1 is 0.519 bits per heavy atom. The van der Waals surface area contributed by atoms with E-state index in [9.17, 15) is 38.4 Å². The van der Waals surface area contributed by atoms with Gasteiger partial charge in [-0.2, -0.15) is 0 Å². The monoisotopic (exact) mass is 1070 g/mol. The highest BCUT2D eigenvalue weighted by atomic mass is 16.6. The molecule has 0 saturated carbocycles. The van der Waals surface area contributed by atoms with E-state index in [1.807, 2.05) is 99.6 Å². The second kappa shape index (κ2) is 35.2. The standard InChI is InChI=1S/C28H37N3O7.C17H23NO6.C12H17NO2/c1-5-36-26(34)31-23(25(33)37-19-20-13-7-6-8-14-20)17-11-12-18-24(32)29-21-15-9-10-16-22(21)30-27(35)38-28(2,3)4;1-2-23-17(22)18-14(10-6-7-11-15(19)20)16(21)24-12-13-8-4-3-5-9-13;1-12(2,3)15-11(14)8-9-6-4-5-7-10(9)13/h6-10,13-16,23H,5,11-12,17-19H2,1-4H3,(H,29,32)(H,30,35)(H,31,34);3-5,8-9,14H,2,6-7,10-12H2,1H3,(H,18,22)(H,19,20);4-7H,8,13H2,1-3H3/t23-;14-;/m00./s1. The van der Waals surface area contributed by atoms with E-state index in [1.165, 1.54) is 0 Å². The zero-order chi connectivity index (χ0) is 57.2. The number of carboxylic acids is 1. The molecule has 0 aliphatic carbocycles. The van der Waals surface area contributed by atoms with Crippen LogP contribution in [0.3, 0.4) is 0 Å².